The maximum Gasteiger partial charge on any atom is 0.337 e. The maximum atomic E-state index is 14.9. The molecule has 2 heterocycles. The molecule has 0 spiro atoms. The molecule has 0 amide bonds. The van der Waals surface area contributed by atoms with Crippen LogP contribution in [-0.2, 0) is 11.8 Å². The van der Waals surface area contributed by atoms with E-state index in [1.807, 2.05) is 22.6 Å². The molecule has 30 heavy (non-hydrogen) atoms. The number of benzene rings is 1. The Kier molecular flexibility index (Phi) is 4.91. The second-order valence-electron chi connectivity index (χ2n) is 7.23. The fourth-order valence-corrected chi connectivity index (χ4v) is 4.02. The van der Waals surface area contributed by atoms with Crippen LogP contribution in [0.1, 0.15) is 31.4 Å². The molecule has 1 saturated carbocycles. The molecular formula is C20H17FIN3O5. The highest BCUT2D eigenvalue weighted by atomic mass is 127. The molecule has 0 aliphatic heterocycles. The maximum absolute atomic E-state index is 14.9. The predicted octanol–water partition coefficient (Wildman–Crippen LogP) is 2.16. The summed E-state index contributed by atoms with van der Waals surface area (Å²) in [6.07, 6.45) is 1.26. The van der Waals surface area contributed by atoms with Gasteiger partial charge in [-0.15, -0.1) is 0 Å². The lowest BCUT2D eigenvalue weighted by molar-refractivity contribution is -0.131. The van der Waals surface area contributed by atoms with Crippen LogP contribution in [0.2, 0.25) is 0 Å². The molecule has 0 unspecified atom stereocenters. The van der Waals surface area contributed by atoms with Crippen molar-refractivity contribution in [2.75, 3.05) is 0 Å². The number of halogens is 2. The summed E-state index contributed by atoms with van der Waals surface area (Å²) < 4.78 is 23.9. The first-order chi connectivity index (χ1) is 14.1. The molecule has 1 fully saturated rings. The number of rotatable bonds is 3. The number of aryl methyl sites for hydroxylation is 1. The lowest BCUT2D eigenvalue weighted by Crippen LogP contribution is -2.42. The van der Waals surface area contributed by atoms with E-state index in [9.17, 15) is 23.6 Å². The van der Waals surface area contributed by atoms with E-state index >= 15 is 0 Å². The van der Waals surface area contributed by atoms with Gasteiger partial charge in [-0.1, -0.05) is 0 Å². The minimum absolute atomic E-state index is 0.0490. The molecule has 0 bridgehead atoms. The van der Waals surface area contributed by atoms with Crippen molar-refractivity contribution in [3.8, 4) is 11.4 Å². The first kappa shape index (κ1) is 20.5. The molecule has 10 heteroatoms. The van der Waals surface area contributed by atoms with Crippen molar-refractivity contribution < 1.29 is 13.9 Å². The Morgan fingerprint density at radius 1 is 1.20 bits per heavy atom. The van der Waals surface area contributed by atoms with Crippen LogP contribution < -0.4 is 21.5 Å². The van der Waals surface area contributed by atoms with Crippen LogP contribution in [0.5, 0.6) is 5.75 Å². The van der Waals surface area contributed by atoms with Crippen LogP contribution in [-0.4, -0.2) is 19.7 Å². The second-order valence-corrected chi connectivity index (χ2v) is 8.48. The van der Waals surface area contributed by atoms with Crippen molar-refractivity contribution in [2.24, 2.45) is 7.05 Å². The second kappa shape index (κ2) is 7.18. The lowest BCUT2D eigenvalue weighted by atomic mass is 10.2. The average molecular weight is 525 g/mol. The summed E-state index contributed by atoms with van der Waals surface area (Å²) in [4.78, 5) is 51.2. The van der Waals surface area contributed by atoms with Gasteiger partial charge in [-0.2, -0.15) is 0 Å². The van der Waals surface area contributed by atoms with Gasteiger partial charge in [0.2, 0.25) is 0 Å². The van der Waals surface area contributed by atoms with Gasteiger partial charge in [0.05, 0.1) is 11.3 Å². The Labute approximate surface area is 182 Å². The Morgan fingerprint density at radius 3 is 2.43 bits per heavy atom. The fourth-order valence-electron chi connectivity index (χ4n) is 3.57. The molecular weight excluding hydrogens is 508 g/mol. The fraction of sp³-hybridized carbons (Fsp3) is 0.300. The number of pyridine rings is 1. The molecule has 1 aromatic carbocycles. The van der Waals surface area contributed by atoms with E-state index in [2.05, 4.69) is 0 Å². The normalized spacial score (nSPS) is 13.6. The van der Waals surface area contributed by atoms with Crippen molar-refractivity contribution in [2.45, 2.75) is 32.7 Å². The molecule has 2 aromatic heterocycles. The van der Waals surface area contributed by atoms with E-state index in [-0.39, 0.29) is 34.1 Å². The number of ether oxygens (including phenoxy) is 1. The Hall–Kier alpha value is -2.76. The zero-order valence-corrected chi connectivity index (χ0v) is 18.5. The number of nitrogens with zero attached hydrogens (tertiary/aromatic N) is 3. The number of esters is 1. The van der Waals surface area contributed by atoms with Gasteiger partial charge in [0.25, 0.3) is 11.1 Å². The summed E-state index contributed by atoms with van der Waals surface area (Å²) >= 11 is 1.94. The van der Waals surface area contributed by atoms with E-state index in [0.29, 0.717) is 16.4 Å². The van der Waals surface area contributed by atoms with E-state index in [4.69, 9.17) is 4.74 Å². The number of aromatic nitrogens is 3. The van der Waals surface area contributed by atoms with Crippen molar-refractivity contribution in [3.63, 3.8) is 0 Å². The molecule has 3 aromatic rings. The van der Waals surface area contributed by atoms with Crippen molar-refractivity contribution in [3.05, 3.63) is 64.3 Å². The summed E-state index contributed by atoms with van der Waals surface area (Å²) in [6, 6.07) is 3.95. The SMILES string of the molecule is CC(=O)Oc1c(C)c(=O)n(C)c2c1c(=O)n(C1CC1)c(=O)n2-c1ccc(I)cc1F. The number of hydrogen-bond donors (Lipinski definition) is 0. The Bertz CT molecular complexity index is 1420. The molecule has 0 atom stereocenters. The summed E-state index contributed by atoms with van der Waals surface area (Å²) in [5.74, 6) is -1.61. The summed E-state index contributed by atoms with van der Waals surface area (Å²) in [5.41, 5.74) is -2.17. The van der Waals surface area contributed by atoms with Crippen molar-refractivity contribution in [1.29, 1.82) is 0 Å². The minimum Gasteiger partial charge on any atom is -0.425 e. The van der Waals surface area contributed by atoms with Gasteiger partial charge in [-0.3, -0.25) is 23.5 Å². The van der Waals surface area contributed by atoms with Gasteiger partial charge in [-0.25, -0.2) is 13.8 Å². The van der Waals surface area contributed by atoms with Gasteiger partial charge in [0, 0.05) is 23.6 Å². The van der Waals surface area contributed by atoms with Gasteiger partial charge < -0.3 is 4.74 Å². The van der Waals surface area contributed by atoms with Crippen LogP contribution in [0.4, 0.5) is 4.39 Å². The smallest absolute Gasteiger partial charge is 0.337 e. The van der Waals surface area contributed by atoms with Gasteiger partial charge in [0.1, 0.15) is 16.9 Å². The molecule has 1 aliphatic rings. The van der Waals surface area contributed by atoms with Crippen LogP contribution in [0.25, 0.3) is 16.7 Å². The molecule has 0 saturated heterocycles. The predicted molar refractivity (Wildman–Crippen MR) is 116 cm³/mol. The average Bonchev–Trinajstić information content (AvgIpc) is 3.49. The largest absolute Gasteiger partial charge is 0.425 e. The van der Waals surface area contributed by atoms with Crippen LogP contribution in [0.3, 0.4) is 0 Å². The van der Waals surface area contributed by atoms with Crippen LogP contribution in [0, 0.1) is 16.3 Å². The molecule has 0 radical (unpaired) electrons. The Balaban J connectivity index is 2.31. The zero-order valence-electron chi connectivity index (χ0n) is 16.4. The van der Waals surface area contributed by atoms with Crippen LogP contribution >= 0.6 is 22.6 Å². The van der Waals surface area contributed by atoms with E-state index in [1.165, 1.54) is 26.1 Å². The number of carbonyl (C=O) groups is 1. The topological polar surface area (TPSA) is 92.3 Å². The van der Waals surface area contributed by atoms with Crippen LogP contribution in [0.15, 0.2) is 32.6 Å². The lowest BCUT2D eigenvalue weighted by Gasteiger charge is -2.19. The minimum atomic E-state index is -0.747. The highest BCUT2D eigenvalue weighted by molar-refractivity contribution is 14.1. The number of carbonyl (C=O) groups excluding carboxylic acids is 1. The standard InChI is InChI=1S/C20H17FIN3O5/c1-9-16(30-10(2)26)15-17(23(3)18(9)27)25(14-7-4-11(22)8-13(14)21)20(29)24(19(15)28)12-5-6-12/h4,7-8,12H,5-6H2,1-3H3. The molecule has 8 nitrogen and oxygen atoms in total. The van der Waals surface area contributed by atoms with Gasteiger partial charge in [-0.05, 0) is 60.6 Å². The summed E-state index contributed by atoms with van der Waals surface area (Å²) in [5, 5.41) is -0.116. The molecule has 0 N–H and O–H groups in total. The van der Waals surface area contributed by atoms with Crippen molar-refractivity contribution >= 4 is 39.6 Å². The third-order valence-electron chi connectivity index (χ3n) is 5.08. The van der Waals surface area contributed by atoms with Crippen molar-refractivity contribution in [1.82, 2.24) is 13.7 Å². The molecule has 4 rings (SSSR count). The third kappa shape index (κ3) is 3.09. The Morgan fingerprint density at radius 2 is 1.87 bits per heavy atom. The monoisotopic (exact) mass is 525 g/mol. The first-order valence-electron chi connectivity index (χ1n) is 9.18. The van der Waals surface area contributed by atoms with E-state index in [1.54, 1.807) is 6.07 Å². The number of fused-ring (bicyclic) bond motifs is 1. The number of hydrogen-bond acceptors (Lipinski definition) is 5. The highest BCUT2D eigenvalue weighted by Gasteiger charge is 2.32. The summed E-state index contributed by atoms with van der Waals surface area (Å²) in [7, 11) is 1.39. The third-order valence-corrected chi connectivity index (χ3v) is 5.76. The molecule has 1 aliphatic carbocycles. The highest BCUT2D eigenvalue weighted by Crippen LogP contribution is 2.34. The molecule has 156 valence electrons. The van der Waals surface area contributed by atoms with Gasteiger partial charge >= 0.3 is 11.7 Å². The first-order valence-corrected chi connectivity index (χ1v) is 10.3. The summed E-state index contributed by atoms with van der Waals surface area (Å²) in [6.45, 7) is 2.58. The van der Waals surface area contributed by atoms with E-state index < -0.39 is 28.6 Å². The quantitative estimate of drug-likeness (QED) is 0.386. The van der Waals surface area contributed by atoms with Gasteiger partial charge in [0.15, 0.2) is 5.75 Å². The van der Waals surface area contributed by atoms with E-state index in [0.717, 1.165) is 20.6 Å². The zero-order chi connectivity index (χ0) is 21.9.